The van der Waals surface area contributed by atoms with E-state index in [2.05, 4.69) is 55.5 Å². The molecule has 1 aromatic carbocycles. The van der Waals surface area contributed by atoms with E-state index in [-0.39, 0.29) is 0 Å². The molecule has 0 saturated heterocycles. The minimum Gasteiger partial charge on any atom is -0.311 e. The van der Waals surface area contributed by atoms with Gasteiger partial charge < -0.3 is 10.2 Å². The molecule has 1 aromatic rings. The zero-order chi connectivity index (χ0) is 12.3. The van der Waals surface area contributed by atoms with Gasteiger partial charge in [0.2, 0.25) is 0 Å². The highest BCUT2D eigenvalue weighted by molar-refractivity contribution is 5.21. The summed E-state index contributed by atoms with van der Waals surface area (Å²) in [6.45, 7) is 4.22. The monoisotopic (exact) mass is 232 g/mol. The number of benzene rings is 1. The number of nitrogens with zero attached hydrogens (tertiary/aromatic N) is 1. The lowest BCUT2D eigenvalue weighted by atomic mass is 9.75. The van der Waals surface area contributed by atoms with Crippen molar-refractivity contribution in [2.24, 2.45) is 0 Å². The molecule has 1 aliphatic rings. The van der Waals surface area contributed by atoms with Gasteiger partial charge in [0.1, 0.15) is 0 Å². The second-order valence-corrected chi connectivity index (χ2v) is 5.56. The van der Waals surface area contributed by atoms with Crippen molar-refractivity contribution in [3.8, 4) is 0 Å². The second-order valence-electron chi connectivity index (χ2n) is 5.56. The molecule has 0 bridgehead atoms. The highest BCUT2D eigenvalue weighted by Crippen LogP contribution is 2.35. The van der Waals surface area contributed by atoms with Crippen LogP contribution in [0.2, 0.25) is 0 Å². The van der Waals surface area contributed by atoms with Crippen LogP contribution in [0.25, 0.3) is 0 Å². The van der Waals surface area contributed by atoms with Gasteiger partial charge in [-0.15, -0.1) is 0 Å². The van der Waals surface area contributed by atoms with Gasteiger partial charge in [-0.2, -0.15) is 0 Å². The zero-order valence-electron chi connectivity index (χ0n) is 11.3. The van der Waals surface area contributed by atoms with Gasteiger partial charge in [-0.25, -0.2) is 0 Å². The molecule has 1 N–H and O–H groups in total. The topological polar surface area (TPSA) is 15.3 Å². The fourth-order valence-electron chi connectivity index (χ4n) is 2.51. The maximum Gasteiger partial charge on any atom is 0.0328 e. The Balaban J connectivity index is 1.81. The number of likely N-dealkylation sites (N-methyl/N-ethyl adjacent to an activating group) is 1. The molecule has 2 heteroatoms. The minimum atomic E-state index is 0.421. The van der Waals surface area contributed by atoms with Crippen LogP contribution in [-0.4, -0.2) is 31.1 Å². The predicted molar refractivity (Wildman–Crippen MR) is 73.2 cm³/mol. The number of nitrogens with one attached hydrogen (secondary N) is 1. The van der Waals surface area contributed by atoms with Crippen molar-refractivity contribution in [1.29, 1.82) is 0 Å². The third-order valence-electron chi connectivity index (χ3n) is 4.14. The Hall–Kier alpha value is -0.860. The van der Waals surface area contributed by atoms with Crippen molar-refractivity contribution in [3.63, 3.8) is 0 Å². The van der Waals surface area contributed by atoms with E-state index in [1.807, 2.05) is 0 Å². The molecule has 94 valence electrons. The molecule has 0 aromatic heterocycles. The summed E-state index contributed by atoms with van der Waals surface area (Å²) in [7, 11) is 4.40. The summed E-state index contributed by atoms with van der Waals surface area (Å²) < 4.78 is 0. The summed E-state index contributed by atoms with van der Waals surface area (Å²) in [5, 5.41) is 3.60. The van der Waals surface area contributed by atoms with Crippen LogP contribution in [0.4, 0.5) is 0 Å². The van der Waals surface area contributed by atoms with E-state index < -0.39 is 0 Å². The summed E-state index contributed by atoms with van der Waals surface area (Å²) >= 11 is 0. The van der Waals surface area contributed by atoms with Crippen LogP contribution in [0.3, 0.4) is 0 Å². The Morgan fingerprint density at radius 1 is 1.18 bits per heavy atom. The van der Waals surface area contributed by atoms with E-state index in [4.69, 9.17) is 0 Å². The molecule has 0 spiro atoms. The lowest BCUT2D eigenvalue weighted by molar-refractivity contribution is 0.0598. The largest absolute Gasteiger partial charge is 0.311 e. The predicted octanol–water partition coefficient (Wildman–Crippen LogP) is 2.57. The fraction of sp³-hybridized carbons (Fsp3) is 0.600. The molecule has 1 aliphatic carbocycles. The third kappa shape index (κ3) is 2.88. The lowest BCUT2D eigenvalue weighted by Crippen LogP contribution is -2.56. The smallest absolute Gasteiger partial charge is 0.0328 e. The minimum absolute atomic E-state index is 0.421. The van der Waals surface area contributed by atoms with Crippen molar-refractivity contribution in [2.75, 3.05) is 20.6 Å². The number of aryl methyl sites for hydroxylation is 1. The summed E-state index contributed by atoms with van der Waals surface area (Å²) in [5.74, 6) is 0. The first-order valence-corrected chi connectivity index (χ1v) is 6.56. The Morgan fingerprint density at radius 2 is 1.82 bits per heavy atom. The van der Waals surface area contributed by atoms with Crippen molar-refractivity contribution < 1.29 is 0 Å². The van der Waals surface area contributed by atoms with Crippen molar-refractivity contribution >= 4 is 0 Å². The summed E-state index contributed by atoms with van der Waals surface area (Å²) in [6.07, 6.45) is 4.05. The first kappa shape index (κ1) is 12.6. The van der Waals surface area contributed by atoms with Crippen LogP contribution in [0.15, 0.2) is 24.3 Å². The highest BCUT2D eigenvalue weighted by Gasteiger charge is 2.38. The van der Waals surface area contributed by atoms with E-state index in [1.54, 1.807) is 0 Å². The van der Waals surface area contributed by atoms with Crippen LogP contribution >= 0.6 is 0 Å². The first-order chi connectivity index (χ1) is 8.12. The number of hydrogen-bond donors (Lipinski definition) is 1. The number of hydrogen-bond acceptors (Lipinski definition) is 2. The summed E-state index contributed by atoms with van der Waals surface area (Å²) in [6, 6.07) is 8.79. The van der Waals surface area contributed by atoms with E-state index in [9.17, 15) is 0 Å². The Kier molecular flexibility index (Phi) is 3.85. The van der Waals surface area contributed by atoms with Gasteiger partial charge in [-0.05, 0) is 45.8 Å². The van der Waals surface area contributed by atoms with Crippen LogP contribution in [0.1, 0.15) is 30.4 Å². The second kappa shape index (κ2) is 5.19. The average Bonchev–Trinajstić information content (AvgIpc) is 2.24. The van der Waals surface area contributed by atoms with Gasteiger partial charge in [0.25, 0.3) is 0 Å². The molecule has 1 saturated carbocycles. The molecule has 1 fully saturated rings. The standard InChI is InChI=1S/C15H24N2/c1-13-5-7-14(8-6-13)11-16-12-15(17(2)3)9-4-10-15/h5-8,16H,4,9-12H2,1-3H3. The van der Waals surface area contributed by atoms with Gasteiger partial charge in [-0.1, -0.05) is 29.8 Å². The van der Waals surface area contributed by atoms with E-state index >= 15 is 0 Å². The molecule has 0 aliphatic heterocycles. The first-order valence-electron chi connectivity index (χ1n) is 6.56. The van der Waals surface area contributed by atoms with Gasteiger partial charge >= 0.3 is 0 Å². The molecule has 0 heterocycles. The van der Waals surface area contributed by atoms with Crippen molar-refractivity contribution in [1.82, 2.24) is 10.2 Å². The molecule has 0 atom stereocenters. The van der Waals surface area contributed by atoms with Crippen LogP contribution in [0, 0.1) is 6.92 Å². The maximum absolute atomic E-state index is 3.60. The van der Waals surface area contributed by atoms with Crippen molar-refractivity contribution in [3.05, 3.63) is 35.4 Å². The van der Waals surface area contributed by atoms with Gasteiger partial charge in [0.05, 0.1) is 0 Å². The van der Waals surface area contributed by atoms with E-state index in [0.717, 1.165) is 13.1 Å². The van der Waals surface area contributed by atoms with Crippen molar-refractivity contribution in [2.45, 2.75) is 38.3 Å². The SMILES string of the molecule is Cc1ccc(CNCC2(N(C)C)CCC2)cc1. The van der Waals surface area contributed by atoms with E-state index in [1.165, 1.54) is 30.4 Å². The molecule has 0 unspecified atom stereocenters. The molecule has 2 rings (SSSR count). The number of rotatable bonds is 5. The average molecular weight is 232 g/mol. The van der Waals surface area contributed by atoms with Gasteiger partial charge in [0, 0.05) is 18.6 Å². The van der Waals surface area contributed by atoms with Gasteiger partial charge in [-0.3, -0.25) is 0 Å². The maximum atomic E-state index is 3.60. The third-order valence-corrected chi connectivity index (χ3v) is 4.14. The quantitative estimate of drug-likeness (QED) is 0.839. The summed E-state index contributed by atoms with van der Waals surface area (Å²) in [4.78, 5) is 2.39. The van der Waals surface area contributed by atoms with Crippen LogP contribution < -0.4 is 5.32 Å². The zero-order valence-corrected chi connectivity index (χ0v) is 11.3. The normalized spacial score (nSPS) is 18.1. The van der Waals surface area contributed by atoms with E-state index in [0.29, 0.717) is 5.54 Å². The van der Waals surface area contributed by atoms with Crippen LogP contribution in [0.5, 0.6) is 0 Å². The summed E-state index contributed by atoms with van der Waals surface area (Å²) in [5.41, 5.74) is 3.13. The Morgan fingerprint density at radius 3 is 2.29 bits per heavy atom. The molecular weight excluding hydrogens is 208 g/mol. The Bertz CT molecular complexity index is 350. The van der Waals surface area contributed by atoms with Gasteiger partial charge in [0.15, 0.2) is 0 Å². The molecule has 0 amide bonds. The molecule has 0 radical (unpaired) electrons. The molecular formula is C15H24N2. The molecule has 17 heavy (non-hydrogen) atoms. The molecule has 2 nitrogen and oxygen atoms in total. The van der Waals surface area contributed by atoms with Crippen LogP contribution in [-0.2, 0) is 6.54 Å². The highest BCUT2D eigenvalue weighted by atomic mass is 15.2. The lowest BCUT2D eigenvalue weighted by Gasteiger charge is -2.47. The fourth-order valence-corrected chi connectivity index (χ4v) is 2.51. The Labute approximate surface area is 105 Å².